The average Bonchev–Trinajstić information content (AvgIpc) is 2.58. The molecule has 124 valence electrons. The van der Waals surface area contributed by atoms with Crippen LogP contribution in [0.3, 0.4) is 0 Å². The zero-order valence-electron chi connectivity index (χ0n) is 13.7. The van der Waals surface area contributed by atoms with Gasteiger partial charge in [0.25, 0.3) is 5.56 Å². The van der Waals surface area contributed by atoms with Crippen molar-refractivity contribution in [3.05, 3.63) is 63.3 Å². The van der Waals surface area contributed by atoms with E-state index in [1.54, 1.807) is 11.9 Å². The minimum Gasteiger partial charge on any atom is -0.337 e. The highest BCUT2D eigenvalue weighted by atomic mass is 16.2. The summed E-state index contributed by atoms with van der Waals surface area (Å²) in [5, 5.41) is 3.03. The number of nitrogens with one attached hydrogen (secondary N) is 1. The van der Waals surface area contributed by atoms with Gasteiger partial charge in [0.2, 0.25) is 0 Å². The Morgan fingerprint density at radius 2 is 2.21 bits per heavy atom. The summed E-state index contributed by atoms with van der Waals surface area (Å²) in [7, 11) is 1.70. The summed E-state index contributed by atoms with van der Waals surface area (Å²) in [6, 6.07) is 8.29. The molecule has 0 unspecified atom stereocenters. The maximum atomic E-state index is 12.4. The van der Waals surface area contributed by atoms with Gasteiger partial charge >= 0.3 is 6.03 Å². The van der Waals surface area contributed by atoms with Crippen LogP contribution in [-0.2, 0) is 26.4 Å². The van der Waals surface area contributed by atoms with Gasteiger partial charge < -0.3 is 14.8 Å². The van der Waals surface area contributed by atoms with Gasteiger partial charge in [-0.2, -0.15) is 0 Å². The number of urea groups is 1. The van der Waals surface area contributed by atoms with Crippen LogP contribution in [0.25, 0.3) is 0 Å². The fourth-order valence-electron chi connectivity index (χ4n) is 3.56. The highest BCUT2D eigenvalue weighted by molar-refractivity contribution is 5.74. The number of hydrogen-bond donors (Lipinski definition) is 1. The molecule has 1 aromatic heterocycles. The SMILES string of the molecule is Cn1cnc2c(c1=O)CCN(C(=O)NC[C@@H]1Cc3ccccc31)C2. The van der Waals surface area contributed by atoms with Crippen molar-refractivity contribution in [3.8, 4) is 0 Å². The molecule has 4 rings (SSSR count). The molecule has 6 nitrogen and oxygen atoms in total. The first-order chi connectivity index (χ1) is 11.6. The van der Waals surface area contributed by atoms with E-state index in [9.17, 15) is 9.59 Å². The van der Waals surface area contributed by atoms with Gasteiger partial charge in [0.05, 0.1) is 18.6 Å². The molecule has 1 aliphatic carbocycles. The number of fused-ring (bicyclic) bond motifs is 2. The Hall–Kier alpha value is -2.63. The normalized spacial score (nSPS) is 18.4. The topological polar surface area (TPSA) is 67.2 Å². The molecule has 1 atom stereocenters. The lowest BCUT2D eigenvalue weighted by Gasteiger charge is -2.32. The van der Waals surface area contributed by atoms with Crippen molar-refractivity contribution in [3.63, 3.8) is 0 Å². The Bertz CT molecular complexity index is 858. The van der Waals surface area contributed by atoms with E-state index in [0.717, 1.165) is 12.0 Å². The first kappa shape index (κ1) is 14.9. The van der Waals surface area contributed by atoms with E-state index in [1.807, 2.05) is 6.07 Å². The lowest BCUT2D eigenvalue weighted by atomic mass is 9.78. The molecule has 0 spiro atoms. The molecule has 0 saturated carbocycles. The molecule has 2 aromatic rings. The van der Waals surface area contributed by atoms with Crippen LogP contribution < -0.4 is 10.9 Å². The van der Waals surface area contributed by atoms with Crippen LogP contribution in [0.2, 0.25) is 0 Å². The van der Waals surface area contributed by atoms with Gasteiger partial charge in [-0.15, -0.1) is 0 Å². The number of carbonyl (C=O) groups is 1. The summed E-state index contributed by atoms with van der Waals surface area (Å²) in [6.45, 7) is 1.61. The highest BCUT2D eigenvalue weighted by Crippen LogP contribution is 2.34. The summed E-state index contributed by atoms with van der Waals surface area (Å²) in [5.41, 5.74) is 4.16. The average molecular weight is 324 g/mol. The van der Waals surface area contributed by atoms with Crippen molar-refractivity contribution in [1.82, 2.24) is 19.8 Å². The number of hydrogen-bond acceptors (Lipinski definition) is 3. The number of nitrogens with zero attached hydrogens (tertiary/aromatic N) is 3. The van der Waals surface area contributed by atoms with E-state index in [4.69, 9.17) is 0 Å². The molecule has 0 bridgehead atoms. The van der Waals surface area contributed by atoms with Gasteiger partial charge in [0, 0.05) is 31.6 Å². The molecule has 2 amide bonds. The largest absolute Gasteiger partial charge is 0.337 e. The minimum absolute atomic E-state index is 0.00821. The van der Waals surface area contributed by atoms with E-state index in [-0.39, 0.29) is 11.6 Å². The van der Waals surface area contributed by atoms with Gasteiger partial charge in [-0.05, 0) is 24.0 Å². The molecular formula is C18H20N4O2. The molecule has 0 fully saturated rings. The van der Waals surface area contributed by atoms with Crippen molar-refractivity contribution >= 4 is 6.03 Å². The Kier molecular flexibility index (Phi) is 3.59. The van der Waals surface area contributed by atoms with E-state index >= 15 is 0 Å². The molecule has 1 aromatic carbocycles. The van der Waals surface area contributed by atoms with Crippen LogP contribution in [0.5, 0.6) is 0 Å². The van der Waals surface area contributed by atoms with Gasteiger partial charge in [-0.1, -0.05) is 24.3 Å². The van der Waals surface area contributed by atoms with E-state index in [2.05, 4.69) is 28.5 Å². The molecule has 2 heterocycles. The fourth-order valence-corrected chi connectivity index (χ4v) is 3.56. The third-order valence-electron chi connectivity index (χ3n) is 5.03. The lowest BCUT2D eigenvalue weighted by molar-refractivity contribution is 0.190. The molecule has 0 saturated heterocycles. The number of carbonyl (C=O) groups excluding carboxylic acids is 1. The smallest absolute Gasteiger partial charge is 0.317 e. The van der Waals surface area contributed by atoms with Crippen LogP contribution in [0, 0.1) is 0 Å². The lowest BCUT2D eigenvalue weighted by Crippen LogP contribution is -2.46. The standard InChI is InChI=1S/C18H20N4O2/c1-21-11-20-16-10-22(7-6-15(16)17(21)23)18(24)19-9-13-8-12-4-2-3-5-14(12)13/h2-5,11,13H,6-10H2,1H3,(H,19,24)/t13-/m0/s1. The molecule has 2 aliphatic rings. The second-order valence-corrected chi connectivity index (χ2v) is 6.54. The quantitative estimate of drug-likeness (QED) is 0.902. The fraction of sp³-hybridized carbons (Fsp3) is 0.389. The van der Waals surface area contributed by atoms with Crippen molar-refractivity contribution < 1.29 is 4.79 Å². The molecule has 0 radical (unpaired) electrons. The van der Waals surface area contributed by atoms with Gasteiger partial charge in [-0.25, -0.2) is 9.78 Å². The predicted octanol–water partition coefficient (Wildman–Crippen LogP) is 1.19. The number of aromatic nitrogens is 2. The van der Waals surface area contributed by atoms with E-state index < -0.39 is 0 Å². The monoisotopic (exact) mass is 324 g/mol. The minimum atomic E-state index is -0.0764. The Labute approximate surface area is 140 Å². The number of rotatable bonds is 2. The van der Waals surface area contributed by atoms with Crippen molar-refractivity contribution in [2.24, 2.45) is 7.05 Å². The van der Waals surface area contributed by atoms with Crippen molar-refractivity contribution in [2.45, 2.75) is 25.3 Å². The zero-order valence-corrected chi connectivity index (χ0v) is 13.7. The summed E-state index contributed by atoms with van der Waals surface area (Å²) < 4.78 is 1.49. The van der Waals surface area contributed by atoms with Crippen LogP contribution in [0.15, 0.2) is 35.4 Å². The van der Waals surface area contributed by atoms with Crippen LogP contribution >= 0.6 is 0 Å². The van der Waals surface area contributed by atoms with E-state index in [1.165, 1.54) is 22.0 Å². The molecular weight excluding hydrogens is 304 g/mol. The first-order valence-electron chi connectivity index (χ1n) is 8.27. The zero-order chi connectivity index (χ0) is 16.7. The summed E-state index contributed by atoms with van der Waals surface area (Å²) in [4.78, 5) is 30.5. The van der Waals surface area contributed by atoms with E-state index in [0.29, 0.717) is 37.7 Å². The third kappa shape index (κ3) is 2.48. The van der Waals surface area contributed by atoms with Gasteiger partial charge in [0.1, 0.15) is 0 Å². The Morgan fingerprint density at radius 3 is 3.04 bits per heavy atom. The van der Waals surface area contributed by atoms with Crippen LogP contribution in [-0.4, -0.2) is 33.6 Å². The van der Waals surface area contributed by atoms with Crippen LogP contribution in [0.4, 0.5) is 4.79 Å². The summed E-state index contributed by atoms with van der Waals surface area (Å²) in [5.74, 6) is 0.410. The first-order valence-corrected chi connectivity index (χ1v) is 8.27. The Morgan fingerprint density at radius 1 is 1.38 bits per heavy atom. The molecule has 1 N–H and O–H groups in total. The second kappa shape index (κ2) is 5.78. The number of aryl methyl sites for hydroxylation is 1. The van der Waals surface area contributed by atoms with Crippen molar-refractivity contribution in [1.29, 1.82) is 0 Å². The maximum absolute atomic E-state index is 12.4. The molecule has 24 heavy (non-hydrogen) atoms. The number of amides is 2. The van der Waals surface area contributed by atoms with Gasteiger partial charge in [-0.3, -0.25) is 4.79 Å². The maximum Gasteiger partial charge on any atom is 0.317 e. The van der Waals surface area contributed by atoms with Crippen LogP contribution in [0.1, 0.15) is 28.3 Å². The molecule has 6 heteroatoms. The highest BCUT2D eigenvalue weighted by Gasteiger charge is 2.28. The second-order valence-electron chi connectivity index (χ2n) is 6.54. The molecule has 1 aliphatic heterocycles. The predicted molar refractivity (Wildman–Crippen MR) is 89.9 cm³/mol. The number of benzene rings is 1. The van der Waals surface area contributed by atoms with Crippen molar-refractivity contribution in [2.75, 3.05) is 13.1 Å². The summed E-state index contributed by atoms with van der Waals surface area (Å²) in [6.07, 6.45) is 3.11. The van der Waals surface area contributed by atoms with Gasteiger partial charge in [0.15, 0.2) is 0 Å². The third-order valence-corrected chi connectivity index (χ3v) is 5.03. The Balaban J connectivity index is 1.38. The summed E-state index contributed by atoms with van der Waals surface area (Å²) >= 11 is 0.